The highest BCUT2D eigenvalue weighted by atomic mass is 35.5. The quantitative estimate of drug-likeness (QED) is 0.644. The molecule has 2 heterocycles. The molecule has 0 bridgehead atoms. The number of hydrogen-bond acceptors (Lipinski definition) is 4. The topological polar surface area (TPSA) is 66.5 Å². The fourth-order valence-corrected chi connectivity index (χ4v) is 6.18. The number of fused-ring (bicyclic) bond motifs is 1. The molecule has 29 heavy (non-hydrogen) atoms. The van der Waals surface area contributed by atoms with Crippen LogP contribution in [0.5, 0.6) is 0 Å². The van der Waals surface area contributed by atoms with E-state index < -0.39 is 27.8 Å². The molecular weight excluding hydrogens is 435 g/mol. The van der Waals surface area contributed by atoms with Crippen LogP contribution in [0.1, 0.15) is 11.1 Å². The summed E-state index contributed by atoms with van der Waals surface area (Å²) in [6.45, 7) is 0.0620. The number of carbonyl (C=O) groups excluding carboxylic acids is 1. The monoisotopic (exact) mass is 450 g/mol. The van der Waals surface area contributed by atoms with Crippen molar-refractivity contribution in [3.8, 4) is 0 Å². The Morgan fingerprint density at radius 3 is 2.59 bits per heavy atom. The molecule has 5 nitrogen and oxygen atoms in total. The second-order valence-electron chi connectivity index (χ2n) is 6.56. The molecule has 0 saturated heterocycles. The molecule has 1 aromatic heterocycles. The number of carbonyl (C=O) groups is 1. The number of benzene rings is 2. The van der Waals surface area contributed by atoms with Crippen LogP contribution in [0, 0.1) is 5.82 Å². The van der Waals surface area contributed by atoms with Gasteiger partial charge in [-0.1, -0.05) is 48.0 Å². The molecule has 1 N–H and O–H groups in total. The minimum Gasteiger partial charge on any atom is -0.322 e. The van der Waals surface area contributed by atoms with Gasteiger partial charge in [0.1, 0.15) is 10.3 Å². The molecule has 9 heteroatoms. The molecule has 0 fully saturated rings. The molecule has 4 rings (SSSR count). The number of hydrogen-bond donors (Lipinski definition) is 1. The molecule has 3 aromatic rings. The van der Waals surface area contributed by atoms with Crippen LogP contribution < -0.4 is 5.32 Å². The number of nitrogens with zero attached hydrogens (tertiary/aromatic N) is 1. The summed E-state index contributed by atoms with van der Waals surface area (Å²) in [7, 11) is -3.89. The summed E-state index contributed by atoms with van der Waals surface area (Å²) in [4.78, 5) is 13.0. The first kappa shape index (κ1) is 20.0. The van der Waals surface area contributed by atoms with Gasteiger partial charge < -0.3 is 5.32 Å². The molecule has 0 spiro atoms. The second-order valence-corrected chi connectivity index (χ2v) is 10.0. The Labute approximate surface area is 176 Å². The van der Waals surface area contributed by atoms with E-state index in [0.717, 1.165) is 22.5 Å². The van der Waals surface area contributed by atoms with Crippen molar-refractivity contribution in [1.82, 2.24) is 4.31 Å². The summed E-state index contributed by atoms with van der Waals surface area (Å²) in [6.07, 6.45) is 0.189. The van der Waals surface area contributed by atoms with Gasteiger partial charge in [0, 0.05) is 6.54 Å². The van der Waals surface area contributed by atoms with E-state index in [1.54, 1.807) is 11.4 Å². The van der Waals surface area contributed by atoms with Crippen LogP contribution in [0.2, 0.25) is 5.02 Å². The van der Waals surface area contributed by atoms with Crippen molar-refractivity contribution in [3.63, 3.8) is 0 Å². The lowest BCUT2D eigenvalue weighted by molar-refractivity contribution is -0.120. The first-order valence-corrected chi connectivity index (χ1v) is 11.4. The Morgan fingerprint density at radius 1 is 1.10 bits per heavy atom. The zero-order valence-electron chi connectivity index (χ0n) is 15.0. The largest absolute Gasteiger partial charge is 0.322 e. The van der Waals surface area contributed by atoms with Crippen LogP contribution in [0.4, 0.5) is 10.1 Å². The van der Waals surface area contributed by atoms with Gasteiger partial charge in [-0.3, -0.25) is 4.79 Å². The molecule has 2 aromatic carbocycles. The maximum Gasteiger partial charge on any atom is 0.253 e. The lowest BCUT2D eigenvalue weighted by Gasteiger charge is -2.34. The van der Waals surface area contributed by atoms with E-state index in [1.807, 2.05) is 24.3 Å². The van der Waals surface area contributed by atoms with E-state index in [2.05, 4.69) is 5.32 Å². The number of rotatable bonds is 4. The number of thiophene rings is 1. The van der Waals surface area contributed by atoms with Crippen molar-refractivity contribution in [2.75, 3.05) is 5.32 Å². The Balaban J connectivity index is 1.72. The van der Waals surface area contributed by atoms with E-state index >= 15 is 0 Å². The summed E-state index contributed by atoms with van der Waals surface area (Å²) in [5, 5.41) is 4.04. The highest BCUT2D eigenvalue weighted by molar-refractivity contribution is 7.91. The Bertz CT molecular complexity index is 1170. The molecule has 1 atom stereocenters. The summed E-state index contributed by atoms with van der Waals surface area (Å²) < 4.78 is 42.0. The Hall–Kier alpha value is -2.26. The molecule has 1 aliphatic heterocycles. The minimum absolute atomic E-state index is 0.0620. The smallest absolute Gasteiger partial charge is 0.253 e. The number of sulfonamides is 1. The van der Waals surface area contributed by atoms with Crippen molar-refractivity contribution in [1.29, 1.82) is 0 Å². The van der Waals surface area contributed by atoms with Gasteiger partial charge in [0.15, 0.2) is 5.82 Å². The molecule has 150 valence electrons. The maximum atomic E-state index is 14.2. The number of amides is 1. The van der Waals surface area contributed by atoms with E-state index in [1.165, 1.54) is 28.6 Å². The summed E-state index contributed by atoms with van der Waals surface area (Å²) in [5.41, 5.74) is 1.64. The molecule has 0 radical (unpaired) electrons. The fraction of sp³-hybridized carbons (Fsp3) is 0.150. The summed E-state index contributed by atoms with van der Waals surface area (Å²) >= 11 is 6.88. The van der Waals surface area contributed by atoms with Crippen LogP contribution in [0.3, 0.4) is 0 Å². The van der Waals surface area contributed by atoms with Crippen molar-refractivity contribution in [3.05, 3.63) is 81.9 Å². The van der Waals surface area contributed by atoms with E-state index in [-0.39, 0.29) is 27.9 Å². The third-order valence-electron chi connectivity index (χ3n) is 4.78. The SMILES string of the molecule is O=C(Nc1cccc(Cl)c1F)[C@@H]1Cc2ccccc2CN1S(=O)(=O)c1cccs1. The average Bonchev–Trinajstić information content (AvgIpc) is 3.26. The van der Waals surface area contributed by atoms with Crippen LogP contribution in [-0.4, -0.2) is 24.7 Å². The zero-order chi connectivity index (χ0) is 20.6. The Morgan fingerprint density at radius 2 is 1.86 bits per heavy atom. The third kappa shape index (κ3) is 3.81. The van der Waals surface area contributed by atoms with Gasteiger partial charge in [0.05, 0.1) is 10.7 Å². The zero-order valence-corrected chi connectivity index (χ0v) is 17.4. The second kappa shape index (κ2) is 7.87. The Kier molecular flexibility index (Phi) is 5.44. The summed E-state index contributed by atoms with van der Waals surface area (Å²) in [6, 6.07) is 13.8. The number of halogens is 2. The minimum atomic E-state index is -3.89. The number of nitrogens with one attached hydrogen (secondary N) is 1. The highest BCUT2D eigenvalue weighted by Gasteiger charge is 2.40. The standard InChI is InChI=1S/C20H16ClFN2O3S2/c21-15-7-3-8-16(19(15)22)23-20(25)17-11-13-5-1-2-6-14(13)12-24(17)29(26,27)18-9-4-10-28-18/h1-10,17H,11-12H2,(H,23,25)/t17-/m0/s1. The number of anilines is 1. The average molecular weight is 451 g/mol. The van der Waals surface area contributed by atoms with Gasteiger partial charge in [0.2, 0.25) is 5.91 Å². The van der Waals surface area contributed by atoms with Crippen LogP contribution in [-0.2, 0) is 27.8 Å². The molecule has 0 saturated carbocycles. The predicted octanol–water partition coefficient (Wildman–Crippen LogP) is 4.29. The van der Waals surface area contributed by atoms with Gasteiger partial charge in [-0.15, -0.1) is 11.3 Å². The third-order valence-corrected chi connectivity index (χ3v) is 8.30. The van der Waals surface area contributed by atoms with Crippen LogP contribution in [0.25, 0.3) is 0 Å². The highest BCUT2D eigenvalue weighted by Crippen LogP contribution is 2.32. The molecule has 0 aliphatic carbocycles. The van der Waals surface area contributed by atoms with Crippen molar-refractivity contribution < 1.29 is 17.6 Å². The van der Waals surface area contributed by atoms with Gasteiger partial charge >= 0.3 is 0 Å². The van der Waals surface area contributed by atoms with Crippen molar-refractivity contribution in [2.24, 2.45) is 0 Å². The van der Waals surface area contributed by atoms with E-state index in [9.17, 15) is 17.6 Å². The summed E-state index contributed by atoms with van der Waals surface area (Å²) in [5.74, 6) is -1.37. The fourth-order valence-electron chi connectivity index (χ4n) is 3.32. The van der Waals surface area contributed by atoms with Crippen LogP contribution >= 0.6 is 22.9 Å². The predicted molar refractivity (Wildman–Crippen MR) is 111 cm³/mol. The first-order chi connectivity index (χ1) is 13.9. The molecule has 1 amide bonds. The lowest BCUT2D eigenvalue weighted by Crippen LogP contribution is -2.50. The molecule has 0 unspecified atom stereocenters. The van der Waals surface area contributed by atoms with Crippen molar-refractivity contribution >= 4 is 44.6 Å². The lowest BCUT2D eigenvalue weighted by atomic mass is 9.95. The van der Waals surface area contributed by atoms with Gasteiger partial charge in [-0.25, -0.2) is 12.8 Å². The van der Waals surface area contributed by atoms with Crippen LogP contribution in [0.15, 0.2) is 64.2 Å². The molecule has 1 aliphatic rings. The maximum absolute atomic E-state index is 14.2. The van der Waals surface area contributed by atoms with E-state index in [0.29, 0.717) is 0 Å². The first-order valence-electron chi connectivity index (χ1n) is 8.75. The van der Waals surface area contributed by atoms with Crippen molar-refractivity contribution in [2.45, 2.75) is 23.2 Å². The van der Waals surface area contributed by atoms with E-state index in [4.69, 9.17) is 11.6 Å². The van der Waals surface area contributed by atoms with Gasteiger partial charge in [-0.2, -0.15) is 4.31 Å². The van der Waals surface area contributed by atoms with Gasteiger partial charge in [-0.05, 0) is 41.1 Å². The van der Waals surface area contributed by atoms with Gasteiger partial charge in [0.25, 0.3) is 10.0 Å². The molecular formula is C20H16ClFN2O3S2. The normalized spacial score (nSPS) is 17.0.